The summed E-state index contributed by atoms with van der Waals surface area (Å²) in [7, 11) is 0. The summed E-state index contributed by atoms with van der Waals surface area (Å²) in [4.78, 5) is 71.6. The number of anilines is 2. The van der Waals surface area contributed by atoms with E-state index in [0.29, 0.717) is 22.8 Å². The molecular weight excluding hydrogens is 744 g/mol. The van der Waals surface area contributed by atoms with Gasteiger partial charge in [-0.2, -0.15) is 0 Å². The molecule has 308 valence electrons. The van der Waals surface area contributed by atoms with E-state index < -0.39 is 53.3 Å². The molecule has 3 atom stereocenters. The first-order valence-corrected chi connectivity index (χ1v) is 20.6. The van der Waals surface area contributed by atoms with Gasteiger partial charge in [0.1, 0.15) is 5.75 Å². The molecule has 0 radical (unpaired) electrons. The van der Waals surface area contributed by atoms with Crippen molar-refractivity contribution in [1.29, 1.82) is 0 Å². The van der Waals surface area contributed by atoms with E-state index in [1.165, 1.54) is 29.0 Å². The van der Waals surface area contributed by atoms with E-state index in [-0.39, 0.29) is 23.9 Å². The van der Waals surface area contributed by atoms with Crippen LogP contribution in [0.1, 0.15) is 110 Å². The Morgan fingerprint density at radius 3 is 2.12 bits per heavy atom. The molecule has 11 nitrogen and oxygen atoms in total. The normalized spacial score (nSPS) is 15.4. The lowest BCUT2D eigenvalue weighted by Gasteiger charge is -2.29. The number of nitrogens with zero attached hydrogens (tertiary/aromatic N) is 2. The average molecular weight is 803 g/mol. The van der Waals surface area contributed by atoms with Crippen LogP contribution in [0.2, 0.25) is 5.02 Å². The Hall–Kier alpha value is -4.74. The number of ether oxygens (including phenoxy) is 2. The number of imide groups is 1. The molecule has 1 aliphatic heterocycles. The first kappa shape index (κ1) is 45.0. The van der Waals surface area contributed by atoms with Crippen molar-refractivity contribution in [2.45, 2.75) is 131 Å². The lowest BCUT2D eigenvalue weighted by atomic mass is 9.85. The Bertz CT molecular complexity index is 1860. The summed E-state index contributed by atoms with van der Waals surface area (Å²) < 4.78 is 12.1. The summed E-state index contributed by atoms with van der Waals surface area (Å²) in [5, 5.41) is 5.66. The number of urea groups is 1. The SMILES string of the molecule is CCCCCc1ccc(OC(CC)C(=O)Nc2ccc(Cl)c(NC(=O)C(C(=O)C(C)(C)C)N3C(=O)C(OCC)N(Cc4ccccc4)C3=O)c2)c(CCCCC)c1. The third-order valence-electron chi connectivity index (χ3n) is 9.87. The zero-order valence-corrected chi connectivity index (χ0v) is 35.2. The number of hydrogen-bond acceptors (Lipinski definition) is 7. The maximum atomic E-state index is 14.2. The van der Waals surface area contributed by atoms with Crippen molar-refractivity contribution < 1.29 is 33.4 Å². The van der Waals surface area contributed by atoms with Gasteiger partial charge in [0.05, 0.1) is 17.3 Å². The predicted molar refractivity (Wildman–Crippen MR) is 224 cm³/mol. The highest BCUT2D eigenvalue weighted by Crippen LogP contribution is 2.32. The maximum absolute atomic E-state index is 14.2. The van der Waals surface area contributed by atoms with Crippen molar-refractivity contribution in [3.63, 3.8) is 0 Å². The summed E-state index contributed by atoms with van der Waals surface area (Å²) in [5.74, 6) is -2.13. The fourth-order valence-corrected chi connectivity index (χ4v) is 6.84. The van der Waals surface area contributed by atoms with Crippen molar-refractivity contribution in [3.05, 3.63) is 88.4 Å². The molecule has 0 saturated carbocycles. The number of aryl methyl sites for hydroxylation is 2. The van der Waals surface area contributed by atoms with E-state index in [4.69, 9.17) is 21.1 Å². The lowest BCUT2D eigenvalue weighted by molar-refractivity contribution is -0.149. The van der Waals surface area contributed by atoms with Crippen molar-refractivity contribution >= 4 is 52.5 Å². The smallest absolute Gasteiger partial charge is 0.330 e. The van der Waals surface area contributed by atoms with Gasteiger partial charge in [0.25, 0.3) is 17.7 Å². The summed E-state index contributed by atoms with van der Waals surface area (Å²) in [6, 6.07) is 17.2. The van der Waals surface area contributed by atoms with Crippen LogP contribution in [0.5, 0.6) is 5.75 Å². The van der Waals surface area contributed by atoms with Crippen LogP contribution < -0.4 is 15.4 Å². The van der Waals surface area contributed by atoms with Crippen LogP contribution in [0, 0.1) is 5.41 Å². The highest BCUT2D eigenvalue weighted by atomic mass is 35.5. The summed E-state index contributed by atoms with van der Waals surface area (Å²) in [5.41, 5.74) is 2.34. The van der Waals surface area contributed by atoms with Gasteiger partial charge in [-0.05, 0) is 80.0 Å². The number of Topliss-reactive ketones (excluding diaryl/α,β-unsaturated/α-hetero) is 1. The molecule has 2 N–H and O–H groups in total. The first-order valence-electron chi connectivity index (χ1n) is 20.3. The van der Waals surface area contributed by atoms with Crippen LogP contribution in [0.4, 0.5) is 16.2 Å². The van der Waals surface area contributed by atoms with Crippen LogP contribution in [-0.4, -0.2) is 64.3 Å². The largest absolute Gasteiger partial charge is 0.480 e. The van der Waals surface area contributed by atoms with Crippen LogP contribution in [0.15, 0.2) is 66.7 Å². The van der Waals surface area contributed by atoms with Crippen LogP contribution in [0.3, 0.4) is 0 Å². The Morgan fingerprint density at radius 1 is 0.807 bits per heavy atom. The molecule has 5 amide bonds. The van der Waals surface area contributed by atoms with Gasteiger partial charge in [-0.15, -0.1) is 0 Å². The molecule has 0 bridgehead atoms. The van der Waals surface area contributed by atoms with Crippen molar-refractivity contribution in [2.24, 2.45) is 5.41 Å². The number of amides is 5. The Labute approximate surface area is 342 Å². The van der Waals surface area contributed by atoms with E-state index >= 15 is 0 Å². The molecule has 4 rings (SSSR count). The molecule has 1 heterocycles. The fourth-order valence-electron chi connectivity index (χ4n) is 6.68. The first-order chi connectivity index (χ1) is 27.2. The van der Waals surface area contributed by atoms with Gasteiger partial charge < -0.3 is 20.1 Å². The molecular formula is C45H59ClN4O7. The number of ketones is 1. The minimum atomic E-state index is -1.84. The van der Waals surface area contributed by atoms with Gasteiger partial charge >= 0.3 is 6.03 Å². The molecule has 1 saturated heterocycles. The molecule has 3 aromatic rings. The Kier molecular flexibility index (Phi) is 16.7. The van der Waals surface area contributed by atoms with Gasteiger partial charge in [0.2, 0.25) is 6.23 Å². The third kappa shape index (κ3) is 11.9. The lowest BCUT2D eigenvalue weighted by Crippen LogP contribution is -2.55. The van der Waals surface area contributed by atoms with Gasteiger partial charge in [-0.25, -0.2) is 9.69 Å². The summed E-state index contributed by atoms with van der Waals surface area (Å²) in [6.45, 7) is 12.9. The van der Waals surface area contributed by atoms with Crippen molar-refractivity contribution in [3.8, 4) is 5.75 Å². The molecule has 12 heteroatoms. The highest BCUT2D eigenvalue weighted by molar-refractivity contribution is 6.34. The third-order valence-corrected chi connectivity index (χ3v) is 10.2. The van der Waals surface area contributed by atoms with E-state index in [9.17, 15) is 24.0 Å². The minimum absolute atomic E-state index is 0.0190. The van der Waals surface area contributed by atoms with Gasteiger partial charge in [-0.3, -0.25) is 24.1 Å². The molecule has 3 unspecified atom stereocenters. The standard InChI is InChI=1S/C45H59ClN4O7/c1-8-12-15-19-30-23-26-37(32(27-30)22-16-13-9-2)57-36(10-3)40(52)47-33-24-25-34(46)35(28-33)48-41(53)38(39(51)45(5,6)7)50-42(54)43(56-11-4)49(44(50)55)29-31-20-17-14-18-21-31/h14,17-18,20-21,23-28,36,38,43H,8-13,15-16,19,22,29H2,1-7H3,(H,47,52)(H,48,53). The average Bonchev–Trinajstić information content (AvgIpc) is 3.39. The Morgan fingerprint density at radius 2 is 1.49 bits per heavy atom. The van der Waals surface area contributed by atoms with Crippen molar-refractivity contribution in [1.82, 2.24) is 9.80 Å². The second-order valence-corrected chi connectivity index (χ2v) is 15.9. The topological polar surface area (TPSA) is 134 Å². The van der Waals surface area contributed by atoms with E-state index in [2.05, 4.69) is 36.6 Å². The summed E-state index contributed by atoms with van der Waals surface area (Å²) >= 11 is 6.55. The molecule has 0 spiro atoms. The number of halogens is 1. The van der Waals surface area contributed by atoms with Crippen LogP contribution >= 0.6 is 11.6 Å². The number of carbonyl (C=O) groups excluding carboxylic acids is 5. The number of hydrogen-bond donors (Lipinski definition) is 2. The summed E-state index contributed by atoms with van der Waals surface area (Å²) in [6.07, 6.45) is 6.77. The van der Waals surface area contributed by atoms with Gasteiger partial charge in [-0.1, -0.05) is 121 Å². The van der Waals surface area contributed by atoms with Crippen molar-refractivity contribution in [2.75, 3.05) is 17.2 Å². The number of rotatable bonds is 21. The number of unbranched alkanes of at least 4 members (excludes halogenated alkanes) is 4. The molecule has 0 aliphatic carbocycles. The second kappa shape index (κ2) is 21.1. The van der Waals surface area contributed by atoms with Gasteiger partial charge in [0.15, 0.2) is 17.9 Å². The maximum Gasteiger partial charge on any atom is 0.330 e. The molecule has 0 aromatic heterocycles. The van der Waals surface area contributed by atoms with E-state index in [0.717, 1.165) is 56.1 Å². The number of nitrogens with one attached hydrogen (secondary N) is 2. The molecule has 1 aliphatic rings. The zero-order valence-electron chi connectivity index (χ0n) is 34.5. The Balaban J connectivity index is 1.56. The monoisotopic (exact) mass is 802 g/mol. The quantitative estimate of drug-likeness (QED) is 0.0623. The van der Waals surface area contributed by atoms with E-state index in [1.54, 1.807) is 58.0 Å². The second-order valence-electron chi connectivity index (χ2n) is 15.5. The predicted octanol–water partition coefficient (Wildman–Crippen LogP) is 9.35. The number of benzene rings is 3. The number of carbonyl (C=O) groups is 5. The van der Waals surface area contributed by atoms with Gasteiger partial charge in [0, 0.05) is 17.7 Å². The minimum Gasteiger partial charge on any atom is -0.480 e. The molecule has 57 heavy (non-hydrogen) atoms. The molecule has 1 fully saturated rings. The van der Waals surface area contributed by atoms with Crippen LogP contribution in [0.25, 0.3) is 0 Å². The van der Waals surface area contributed by atoms with Crippen LogP contribution in [-0.2, 0) is 43.3 Å². The zero-order chi connectivity index (χ0) is 41.7. The fraction of sp³-hybridized carbons (Fsp3) is 0.489. The van der Waals surface area contributed by atoms with E-state index in [1.807, 2.05) is 19.1 Å². The highest BCUT2D eigenvalue weighted by Gasteiger charge is 2.54. The molecule has 3 aromatic carbocycles.